The second-order valence-corrected chi connectivity index (χ2v) is 7.29. The Kier molecular flexibility index (Phi) is 3.60. The van der Waals surface area contributed by atoms with Gasteiger partial charge in [-0.1, -0.05) is 6.92 Å². The van der Waals surface area contributed by atoms with Crippen molar-refractivity contribution in [2.24, 2.45) is 11.7 Å². The fourth-order valence-electron chi connectivity index (χ4n) is 2.24. The summed E-state index contributed by atoms with van der Waals surface area (Å²) in [4.78, 5) is 6.73. The molecule has 0 aliphatic carbocycles. The maximum absolute atomic E-state index is 6.12. The monoisotopic (exact) mass is 341 g/mol. The zero-order valence-corrected chi connectivity index (χ0v) is 13.0. The third kappa shape index (κ3) is 2.68. The number of aromatic amines is 1. The van der Waals surface area contributed by atoms with Gasteiger partial charge < -0.3 is 10.6 Å². The van der Waals surface area contributed by atoms with Crippen molar-refractivity contribution in [3.05, 3.63) is 15.2 Å². The number of aromatic nitrogens is 3. The molecule has 3 heterocycles. The smallest absolute Gasteiger partial charge is 0.245 e. The van der Waals surface area contributed by atoms with Crippen LogP contribution in [0, 0.1) is 5.92 Å². The predicted octanol–water partition coefficient (Wildman–Crippen LogP) is 2.47. The molecule has 2 aromatic rings. The summed E-state index contributed by atoms with van der Waals surface area (Å²) in [5.41, 5.74) is 7.18. The molecule has 7 heteroatoms. The van der Waals surface area contributed by atoms with Gasteiger partial charge in [-0.05, 0) is 34.3 Å². The third-order valence-corrected chi connectivity index (χ3v) is 5.12. The van der Waals surface area contributed by atoms with Gasteiger partial charge in [0.2, 0.25) is 5.95 Å². The zero-order chi connectivity index (χ0) is 13.4. The Labute approximate surface area is 124 Å². The number of piperidine rings is 1. The van der Waals surface area contributed by atoms with E-state index in [-0.39, 0.29) is 6.04 Å². The Balaban J connectivity index is 1.78. The molecule has 1 aliphatic rings. The van der Waals surface area contributed by atoms with Gasteiger partial charge in [0, 0.05) is 30.1 Å². The van der Waals surface area contributed by atoms with E-state index < -0.39 is 0 Å². The van der Waals surface area contributed by atoms with Crippen LogP contribution in [0.25, 0.3) is 11.4 Å². The Morgan fingerprint density at radius 1 is 1.58 bits per heavy atom. The van der Waals surface area contributed by atoms with Crippen molar-refractivity contribution in [1.82, 2.24) is 15.2 Å². The maximum atomic E-state index is 6.12. The molecule has 1 saturated heterocycles. The largest absolute Gasteiger partial charge is 0.338 e. The molecule has 1 fully saturated rings. The fraction of sp³-hybridized carbons (Fsp3) is 0.500. The Hall–Kier alpha value is -0.920. The second-order valence-electron chi connectivity index (χ2n) is 5.00. The van der Waals surface area contributed by atoms with Crippen LogP contribution in [0.3, 0.4) is 0 Å². The Morgan fingerprint density at radius 2 is 2.42 bits per heavy atom. The van der Waals surface area contributed by atoms with Gasteiger partial charge in [0.1, 0.15) is 0 Å². The second kappa shape index (κ2) is 5.22. The van der Waals surface area contributed by atoms with Crippen molar-refractivity contribution >= 4 is 33.2 Å². The van der Waals surface area contributed by atoms with Crippen LogP contribution in [0.5, 0.6) is 0 Å². The molecular weight excluding hydrogens is 326 g/mol. The van der Waals surface area contributed by atoms with Crippen molar-refractivity contribution < 1.29 is 0 Å². The van der Waals surface area contributed by atoms with Gasteiger partial charge in [0.25, 0.3) is 0 Å². The van der Waals surface area contributed by atoms with Gasteiger partial charge in [-0.2, -0.15) is 4.98 Å². The van der Waals surface area contributed by atoms with E-state index in [1.54, 1.807) is 11.3 Å². The van der Waals surface area contributed by atoms with Crippen LogP contribution < -0.4 is 10.6 Å². The number of nitrogens with one attached hydrogen (secondary N) is 1. The molecule has 0 amide bonds. The molecule has 2 unspecified atom stereocenters. The van der Waals surface area contributed by atoms with E-state index in [4.69, 9.17) is 5.73 Å². The van der Waals surface area contributed by atoms with Crippen LogP contribution in [-0.4, -0.2) is 34.3 Å². The summed E-state index contributed by atoms with van der Waals surface area (Å²) in [7, 11) is 0. The van der Waals surface area contributed by atoms with Gasteiger partial charge >= 0.3 is 0 Å². The lowest BCUT2D eigenvalue weighted by atomic mass is 9.95. The van der Waals surface area contributed by atoms with Crippen LogP contribution in [0.15, 0.2) is 15.2 Å². The first-order chi connectivity index (χ1) is 9.13. The number of rotatable bonds is 2. The maximum Gasteiger partial charge on any atom is 0.245 e. The number of nitrogens with zero attached hydrogens (tertiary/aromatic N) is 3. The molecule has 3 rings (SSSR count). The SMILES string of the molecule is CC1CCN(c2n[nH]c(-c3csc(Br)c3)n2)CC1N. The quantitative estimate of drug-likeness (QED) is 0.880. The summed E-state index contributed by atoms with van der Waals surface area (Å²) in [5.74, 6) is 2.13. The van der Waals surface area contributed by atoms with E-state index in [9.17, 15) is 0 Å². The minimum atomic E-state index is 0.200. The first-order valence-corrected chi connectivity index (χ1v) is 7.98. The molecule has 0 radical (unpaired) electrons. The highest BCUT2D eigenvalue weighted by molar-refractivity contribution is 9.11. The van der Waals surface area contributed by atoms with Gasteiger partial charge in [0.05, 0.1) is 3.79 Å². The molecule has 19 heavy (non-hydrogen) atoms. The van der Waals surface area contributed by atoms with Gasteiger partial charge in [-0.15, -0.1) is 16.4 Å². The minimum Gasteiger partial charge on any atom is -0.338 e. The van der Waals surface area contributed by atoms with Crippen LogP contribution in [0.2, 0.25) is 0 Å². The van der Waals surface area contributed by atoms with Gasteiger partial charge in [-0.25, -0.2) is 0 Å². The van der Waals surface area contributed by atoms with Crippen molar-refractivity contribution in [3.8, 4) is 11.4 Å². The predicted molar refractivity (Wildman–Crippen MR) is 81.4 cm³/mol. The summed E-state index contributed by atoms with van der Waals surface area (Å²) in [6.07, 6.45) is 1.09. The van der Waals surface area contributed by atoms with E-state index >= 15 is 0 Å². The summed E-state index contributed by atoms with van der Waals surface area (Å²) >= 11 is 5.10. The lowest BCUT2D eigenvalue weighted by Gasteiger charge is -2.34. The van der Waals surface area contributed by atoms with Crippen molar-refractivity contribution in [2.75, 3.05) is 18.0 Å². The number of anilines is 1. The highest BCUT2D eigenvalue weighted by atomic mass is 79.9. The van der Waals surface area contributed by atoms with Crippen LogP contribution >= 0.6 is 27.3 Å². The Bertz CT molecular complexity index is 566. The number of H-pyrrole nitrogens is 1. The van der Waals surface area contributed by atoms with E-state index in [1.165, 1.54) is 0 Å². The standard InChI is InChI=1S/C12H16BrN5S/c1-7-2-3-18(5-9(7)14)12-15-11(16-17-12)8-4-10(13)19-6-8/h4,6-7,9H,2-3,5,14H2,1H3,(H,15,16,17). The van der Waals surface area contributed by atoms with E-state index in [0.717, 1.165) is 40.6 Å². The summed E-state index contributed by atoms with van der Waals surface area (Å²) in [6.45, 7) is 4.00. The van der Waals surface area contributed by atoms with Crippen molar-refractivity contribution in [3.63, 3.8) is 0 Å². The molecule has 2 aromatic heterocycles. The van der Waals surface area contributed by atoms with Crippen molar-refractivity contribution in [1.29, 1.82) is 0 Å². The average molecular weight is 342 g/mol. The number of nitrogens with two attached hydrogens (primary N) is 1. The molecular formula is C12H16BrN5S. The molecule has 102 valence electrons. The highest BCUT2D eigenvalue weighted by Crippen LogP contribution is 2.28. The van der Waals surface area contributed by atoms with Gasteiger partial charge in [0.15, 0.2) is 5.82 Å². The first-order valence-electron chi connectivity index (χ1n) is 6.31. The molecule has 3 N–H and O–H groups in total. The van der Waals surface area contributed by atoms with E-state index in [1.807, 2.05) is 6.07 Å². The first kappa shape index (κ1) is 13.1. The molecule has 5 nitrogen and oxygen atoms in total. The molecule has 0 spiro atoms. The number of hydrogen-bond acceptors (Lipinski definition) is 5. The summed E-state index contributed by atoms with van der Waals surface area (Å²) in [6, 6.07) is 2.24. The summed E-state index contributed by atoms with van der Waals surface area (Å²) in [5, 5.41) is 9.36. The van der Waals surface area contributed by atoms with E-state index in [0.29, 0.717) is 5.92 Å². The normalized spacial score (nSPS) is 23.8. The topological polar surface area (TPSA) is 70.8 Å². The van der Waals surface area contributed by atoms with Crippen molar-refractivity contribution in [2.45, 2.75) is 19.4 Å². The number of hydrogen-bond donors (Lipinski definition) is 2. The summed E-state index contributed by atoms with van der Waals surface area (Å²) < 4.78 is 1.09. The van der Waals surface area contributed by atoms with Crippen LogP contribution in [0.1, 0.15) is 13.3 Å². The molecule has 0 bridgehead atoms. The third-order valence-electron chi connectivity index (χ3n) is 3.61. The molecule has 0 aromatic carbocycles. The number of halogens is 1. The van der Waals surface area contributed by atoms with Crippen LogP contribution in [-0.2, 0) is 0 Å². The molecule has 2 atom stereocenters. The average Bonchev–Trinajstić information content (AvgIpc) is 3.01. The van der Waals surface area contributed by atoms with Crippen LogP contribution in [0.4, 0.5) is 5.95 Å². The Morgan fingerprint density at radius 3 is 3.11 bits per heavy atom. The lowest BCUT2D eigenvalue weighted by Crippen LogP contribution is -2.48. The zero-order valence-electron chi connectivity index (χ0n) is 10.6. The molecule has 0 saturated carbocycles. The molecule has 1 aliphatic heterocycles. The number of thiophene rings is 1. The fourth-order valence-corrected chi connectivity index (χ4v) is 3.38. The lowest BCUT2D eigenvalue weighted by molar-refractivity contribution is 0.376. The van der Waals surface area contributed by atoms with Gasteiger partial charge in [-0.3, -0.25) is 5.10 Å². The highest BCUT2D eigenvalue weighted by Gasteiger charge is 2.25. The van der Waals surface area contributed by atoms with E-state index in [2.05, 4.69) is 48.3 Å². The minimum absolute atomic E-state index is 0.200.